The van der Waals surface area contributed by atoms with Crippen LogP contribution in [0.3, 0.4) is 0 Å². The van der Waals surface area contributed by atoms with Crippen LogP contribution in [-0.4, -0.2) is 12.3 Å². The fraction of sp³-hybridized carbons (Fsp3) is 0.429. The number of alkyl halides is 2. The van der Waals surface area contributed by atoms with Gasteiger partial charge in [-0.2, -0.15) is 0 Å². The maximum absolute atomic E-state index is 12.8. The number of hydrogen-bond donors (Lipinski definition) is 0. The van der Waals surface area contributed by atoms with E-state index in [4.69, 9.17) is 0 Å². The van der Waals surface area contributed by atoms with Gasteiger partial charge in [0, 0.05) is 5.57 Å². The van der Waals surface area contributed by atoms with Crippen molar-refractivity contribution in [2.24, 2.45) is 0 Å². The van der Waals surface area contributed by atoms with Crippen molar-refractivity contribution in [3.05, 3.63) is 20.8 Å². The summed E-state index contributed by atoms with van der Waals surface area (Å²) >= 11 is 1.26. The first-order valence-electron chi connectivity index (χ1n) is 3.16. The highest BCUT2D eigenvalue weighted by Crippen LogP contribution is 2.38. The van der Waals surface area contributed by atoms with Crippen LogP contribution in [0.5, 0.6) is 0 Å². The maximum atomic E-state index is 12.8. The second-order valence-electron chi connectivity index (χ2n) is 2.46. The highest BCUT2D eigenvalue weighted by Gasteiger charge is 2.35. The van der Waals surface area contributed by atoms with Crippen LogP contribution in [0.25, 0.3) is 0 Å². The van der Waals surface area contributed by atoms with Gasteiger partial charge in [0.05, 0.1) is 3.58 Å². The summed E-state index contributed by atoms with van der Waals surface area (Å²) in [4.78, 5) is 0. The molecule has 0 N–H and O–H groups in total. The lowest BCUT2D eigenvalue weighted by molar-refractivity contribution is 0.221. The van der Waals surface area contributed by atoms with Gasteiger partial charge in [-0.25, -0.2) is 17.6 Å². The third-order valence-corrected chi connectivity index (χ3v) is 2.73. The van der Waals surface area contributed by atoms with E-state index in [0.29, 0.717) is 0 Å². The van der Waals surface area contributed by atoms with Crippen molar-refractivity contribution >= 4 is 22.6 Å². The summed E-state index contributed by atoms with van der Waals surface area (Å²) in [5.41, 5.74) is -0.514. The van der Waals surface area contributed by atoms with Gasteiger partial charge in [-0.3, -0.25) is 0 Å². The van der Waals surface area contributed by atoms with Gasteiger partial charge >= 0.3 is 0 Å². The Bertz CT molecular complexity index is 241. The van der Waals surface area contributed by atoms with Crippen LogP contribution < -0.4 is 0 Å². The van der Waals surface area contributed by atoms with Crippen LogP contribution in [-0.2, 0) is 0 Å². The zero-order chi connectivity index (χ0) is 9.46. The number of allylic oxidation sites excluding steroid dienone is 4. The fourth-order valence-electron chi connectivity index (χ4n) is 0.868. The van der Waals surface area contributed by atoms with Crippen LogP contribution in [0.15, 0.2) is 20.8 Å². The van der Waals surface area contributed by atoms with E-state index in [0.717, 1.165) is 6.92 Å². The molecule has 0 aliphatic heterocycles. The normalized spacial score (nSPS) is 31.5. The second kappa shape index (κ2) is 3.35. The van der Waals surface area contributed by atoms with Gasteiger partial charge in [-0.1, -0.05) is 0 Å². The average Bonchev–Trinajstić information content (AvgIpc) is 2.08. The van der Waals surface area contributed by atoms with Crippen molar-refractivity contribution in [2.45, 2.75) is 19.3 Å². The molecule has 0 bridgehead atoms. The lowest BCUT2D eigenvalue weighted by Gasteiger charge is -2.19. The standard InChI is InChI=1S/C7H5F4I/c1-2-3(8)5(10)7(12)6(11)4(2)9/h3,5H,1H3. The molecular formula is C7H5F4I. The first-order valence-corrected chi connectivity index (χ1v) is 4.24. The monoisotopic (exact) mass is 292 g/mol. The van der Waals surface area contributed by atoms with Crippen molar-refractivity contribution in [3.8, 4) is 0 Å². The molecule has 0 saturated heterocycles. The Labute approximate surface area is 80.5 Å². The van der Waals surface area contributed by atoms with E-state index in [1.165, 1.54) is 22.6 Å². The zero-order valence-electron chi connectivity index (χ0n) is 6.04. The first-order chi connectivity index (χ1) is 5.46. The number of halogens is 5. The first kappa shape index (κ1) is 10.0. The molecule has 1 rings (SSSR count). The molecule has 5 heteroatoms. The Kier molecular flexibility index (Phi) is 2.80. The molecule has 0 fully saturated rings. The average molecular weight is 292 g/mol. The van der Waals surface area contributed by atoms with Gasteiger partial charge in [0.2, 0.25) is 0 Å². The van der Waals surface area contributed by atoms with E-state index < -0.39 is 33.2 Å². The Morgan fingerprint density at radius 1 is 1.08 bits per heavy atom. The predicted molar refractivity (Wildman–Crippen MR) is 45.8 cm³/mol. The Hall–Kier alpha value is -0.0700. The van der Waals surface area contributed by atoms with Crippen LogP contribution in [0, 0.1) is 0 Å². The fourth-order valence-corrected chi connectivity index (χ4v) is 1.42. The van der Waals surface area contributed by atoms with Gasteiger partial charge in [-0.15, -0.1) is 0 Å². The summed E-state index contributed by atoms with van der Waals surface area (Å²) in [7, 11) is 0. The number of hydrogen-bond acceptors (Lipinski definition) is 0. The molecule has 0 amide bonds. The van der Waals surface area contributed by atoms with E-state index >= 15 is 0 Å². The van der Waals surface area contributed by atoms with Crippen molar-refractivity contribution < 1.29 is 17.6 Å². The maximum Gasteiger partial charge on any atom is 0.171 e. The summed E-state index contributed by atoms with van der Waals surface area (Å²) in [5.74, 6) is -2.56. The van der Waals surface area contributed by atoms with Gasteiger partial charge in [0.25, 0.3) is 0 Å². The molecule has 0 radical (unpaired) electrons. The molecular weight excluding hydrogens is 287 g/mol. The van der Waals surface area contributed by atoms with Crippen molar-refractivity contribution in [2.75, 3.05) is 0 Å². The highest BCUT2D eigenvalue weighted by molar-refractivity contribution is 14.1. The Morgan fingerprint density at radius 2 is 1.58 bits per heavy atom. The van der Waals surface area contributed by atoms with Crippen LogP contribution in [0.1, 0.15) is 6.92 Å². The predicted octanol–water partition coefficient (Wildman–Crippen LogP) is 3.54. The summed E-state index contributed by atoms with van der Waals surface area (Å²) in [6.07, 6.45) is -4.12. The molecule has 0 nitrogen and oxygen atoms in total. The van der Waals surface area contributed by atoms with Crippen LogP contribution >= 0.6 is 22.6 Å². The SMILES string of the molecule is CC1=C(F)C(F)=C(I)C(F)C1F. The molecule has 2 atom stereocenters. The Morgan fingerprint density at radius 3 is 2.08 bits per heavy atom. The van der Waals surface area contributed by atoms with Crippen molar-refractivity contribution in [1.82, 2.24) is 0 Å². The topological polar surface area (TPSA) is 0 Å². The van der Waals surface area contributed by atoms with E-state index in [9.17, 15) is 17.6 Å². The zero-order valence-corrected chi connectivity index (χ0v) is 8.20. The minimum absolute atomic E-state index is 0.514. The third kappa shape index (κ3) is 1.38. The van der Waals surface area contributed by atoms with Gasteiger partial charge in [-0.05, 0) is 29.5 Å². The highest BCUT2D eigenvalue weighted by atomic mass is 127. The van der Waals surface area contributed by atoms with E-state index in [2.05, 4.69) is 0 Å². The molecule has 0 heterocycles. The largest absolute Gasteiger partial charge is 0.239 e. The molecule has 0 spiro atoms. The molecule has 0 saturated carbocycles. The molecule has 12 heavy (non-hydrogen) atoms. The smallest absolute Gasteiger partial charge is 0.171 e. The van der Waals surface area contributed by atoms with Crippen LogP contribution in [0.2, 0.25) is 0 Å². The summed E-state index contributed by atoms with van der Waals surface area (Å²) in [6.45, 7) is 1.04. The van der Waals surface area contributed by atoms with Gasteiger partial charge in [0.1, 0.15) is 0 Å². The molecule has 0 aromatic rings. The van der Waals surface area contributed by atoms with Crippen molar-refractivity contribution in [3.63, 3.8) is 0 Å². The molecule has 0 aromatic carbocycles. The minimum atomic E-state index is -2.06. The summed E-state index contributed by atoms with van der Waals surface area (Å²) < 4.78 is 50.3. The second-order valence-corrected chi connectivity index (χ2v) is 3.62. The molecule has 0 aromatic heterocycles. The molecule has 68 valence electrons. The van der Waals surface area contributed by atoms with Gasteiger partial charge < -0.3 is 0 Å². The van der Waals surface area contributed by atoms with E-state index in [-0.39, 0.29) is 0 Å². The molecule has 1 aliphatic carbocycles. The van der Waals surface area contributed by atoms with Crippen LogP contribution in [0.4, 0.5) is 17.6 Å². The van der Waals surface area contributed by atoms with Gasteiger partial charge in [0.15, 0.2) is 24.0 Å². The molecule has 2 unspecified atom stereocenters. The van der Waals surface area contributed by atoms with E-state index in [1.807, 2.05) is 0 Å². The van der Waals surface area contributed by atoms with Crippen molar-refractivity contribution in [1.29, 1.82) is 0 Å². The summed E-state index contributed by atoms with van der Waals surface area (Å²) in [6, 6.07) is 0. The lowest BCUT2D eigenvalue weighted by atomic mass is 10.0. The quantitative estimate of drug-likeness (QED) is 0.473. The number of rotatable bonds is 0. The third-order valence-electron chi connectivity index (χ3n) is 1.66. The summed E-state index contributed by atoms with van der Waals surface area (Å²) in [5, 5.41) is 0. The van der Waals surface area contributed by atoms with E-state index in [1.54, 1.807) is 0 Å². The lowest BCUT2D eigenvalue weighted by Crippen LogP contribution is -2.24. The minimum Gasteiger partial charge on any atom is -0.239 e. The Balaban J connectivity index is 3.18. The molecule has 1 aliphatic rings.